The van der Waals surface area contributed by atoms with Crippen LogP contribution in [0, 0.1) is 0 Å². The number of hydrogen-bond donors (Lipinski definition) is 2. The minimum Gasteiger partial charge on any atom is -0.460 e. The van der Waals surface area contributed by atoms with Gasteiger partial charge in [-0.25, -0.2) is 4.98 Å². The Labute approximate surface area is 191 Å². The molecule has 1 aliphatic rings. The van der Waals surface area contributed by atoms with E-state index in [1.807, 2.05) is 12.1 Å². The lowest BCUT2D eigenvalue weighted by Gasteiger charge is -2.25. The van der Waals surface area contributed by atoms with Crippen molar-refractivity contribution in [3.8, 4) is 11.3 Å². The standard InChI is InChI=1S/C23H27ClN4O4/c1-23(2,3)32-20(29)7-6-18(21(26)30)28-12-15-10-14(4-5-16(15)22(28)31)17-8-13(11-24)9-19(25)27-17/h4-5,8-10,18H,6-7,11-12H2,1-3H3,(H2,25,27)(H2,26,30)/t18-/m0/s1. The molecule has 0 aliphatic carbocycles. The molecular weight excluding hydrogens is 432 g/mol. The molecule has 0 spiro atoms. The number of anilines is 1. The number of ether oxygens (including phenoxy) is 1. The van der Waals surface area contributed by atoms with Crippen LogP contribution in [0.15, 0.2) is 30.3 Å². The average molecular weight is 459 g/mol. The van der Waals surface area contributed by atoms with Crippen molar-refractivity contribution in [1.82, 2.24) is 9.88 Å². The summed E-state index contributed by atoms with van der Waals surface area (Å²) in [6.07, 6.45) is 0.0668. The molecule has 1 aromatic carbocycles. The van der Waals surface area contributed by atoms with Crippen molar-refractivity contribution in [2.75, 3.05) is 5.73 Å². The summed E-state index contributed by atoms with van der Waals surface area (Å²) in [5.41, 5.74) is 14.3. The number of aromatic nitrogens is 1. The number of pyridine rings is 1. The smallest absolute Gasteiger partial charge is 0.306 e. The van der Waals surface area contributed by atoms with Crippen LogP contribution in [-0.2, 0) is 26.8 Å². The van der Waals surface area contributed by atoms with Gasteiger partial charge in [-0.2, -0.15) is 0 Å². The Morgan fingerprint density at radius 1 is 1.25 bits per heavy atom. The van der Waals surface area contributed by atoms with Gasteiger partial charge in [0.25, 0.3) is 5.91 Å². The van der Waals surface area contributed by atoms with Gasteiger partial charge in [0.05, 0.1) is 5.69 Å². The van der Waals surface area contributed by atoms with Gasteiger partial charge >= 0.3 is 5.97 Å². The average Bonchev–Trinajstić information content (AvgIpc) is 3.01. The Morgan fingerprint density at radius 3 is 2.59 bits per heavy atom. The number of primary amides is 1. The zero-order valence-electron chi connectivity index (χ0n) is 18.4. The second-order valence-corrected chi connectivity index (χ2v) is 9.03. The Morgan fingerprint density at radius 2 is 1.97 bits per heavy atom. The highest BCUT2D eigenvalue weighted by Crippen LogP contribution is 2.31. The van der Waals surface area contributed by atoms with Gasteiger partial charge in [0, 0.05) is 30.0 Å². The Bertz CT molecular complexity index is 1060. The fourth-order valence-electron chi connectivity index (χ4n) is 3.69. The molecule has 0 bridgehead atoms. The number of benzene rings is 1. The van der Waals surface area contributed by atoms with Crippen molar-refractivity contribution in [3.05, 3.63) is 47.0 Å². The monoisotopic (exact) mass is 458 g/mol. The van der Waals surface area contributed by atoms with Gasteiger partial charge in [-0.15, -0.1) is 11.6 Å². The number of hydrogen-bond acceptors (Lipinski definition) is 6. The number of nitrogens with zero attached hydrogens (tertiary/aromatic N) is 2. The molecule has 32 heavy (non-hydrogen) atoms. The van der Waals surface area contributed by atoms with Crippen molar-refractivity contribution < 1.29 is 19.1 Å². The van der Waals surface area contributed by atoms with Gasteiger partial charge in [-0.3, -0.25) is 14.4 Å². The van der Waals surface area contributed by atoms with Gasteiger partial charge in [0.15, 0.2) is 0 Å². The molecule has 1 atom stereocenters. The Kier molecular flexibility index (Phi) is 6.74. The molecule has 0 radical (unpaired) electrons. The highest BCUT2D eigenvalue weighted by atomic mass is 35.5. The van der Waals surface area contributed by atoms with Crippen LogP contribution in [-0.4, -0.2) is 39.3 Å². The first kappa shape index (κ1) is 23.5. The van der Waals surface area contributed by atoms with Crippen molar-refractivity contribution in [1.29, 1.82) is 0 Å². The summed E-state index contributed by atoms with van der Waals surface area (Å²) in [5, 5.41) is 0. The number of nitrogens with two attached hydrogens (primary N) is 2. The number of carbonyl (C=O) groups is 3. The predicted molar refractivity (Wildman–Crippen MR) is 122 cm³/mol. The maximum absolute atomic E-state index is 13.0. The van der Waals surface area contributed by atoms with Gasteiger partial charge in [0.2, 0.25) is 5.91 Å². The van der Waals surface area contributed by atoms with Crippen LogP contribution in [0.2, 0.25) is 0 Å². The van der Waals surface area contributed by atoms with Crippen LogP contribution in [0.5, 0.6) is 0 Å². The van der Waals surface area contributed by atoms with Crippen LogP contribution in [0.3, 0.4) is 0 Å². The maximum atomic E-state index is 13.0. The van der Waals surface area contributed by atoms with E-state index in [4.69, 9.17) is 27.8 Å². The van der Waals surface area contributed by atoms with E-state index in [2.05, 4.69) is 4.98 Å². The molecule has 9 heteroatoms. The highest BCUT2D eigenvalue weighted by Gasteiger charge is 2.36. The van der Waals surface area contributed by atoms with E-state index < -0.39 is 23.5 Å². The van der Waals surface area contributed by atoms with Gasteiger partial charge in [-0.05, 0) is 62.6 Å². The van der Waals surface area contributed by atoms with Crippen molar-refractivity contribution in [2.45, 2.75) is 57.7 Å². The van der Waals surface area contributed by atoms with Crippen LogP contribution < -0.4 is 11.5 Å². The molecule has 0 saturated heterocycles. The molecule has 0 unspecified atom stereocenters. The first-order valence-corrected chi connectivity index (χ1v) is 10.8. The summed E-state index contributed by atoms with van der Waals surface area (Å²) < 4.78 is 5.29. The molecule has 2 amide bonds. The molecule has 0 fully saturated rings. The Balaban J connectivity index is 1.80. The lowest BCUT2D eigenvalue weighted by atomic mass is 10.0. The summed E-state index contributed by atoms with van der Waals surface area (Å²) in [6.45, 7) is 5.49. The summed E-state index contributed by atoms with van der Waals surface area (Å²) in [5.74, 6) is -0.763. The van der Waals surface area contributed by atoms with Crippen LogP contribution in [0.4, 0.5) is 5.82 Å². The molecule has 8 nitrogen and oxygen atoms in total. The minimum absolute atomic E-state index is 0.0231. The highest BCUT2D eigenvalue weighted by molar-refractivity contribution is 6.17. The van der Waals surface area contributed by atoms with Crippen LogP contribution in [0.1, 0.15) is 55.1 Å². The van der Waals surface area contributed by atoms with E-state index in [0.29, 0.717) is 23.0 Å². The fourth-order valence-corrected chi connectivity index (χ4v) is 3.84. The summed E-state index contributed by atoms with van der Waals surface area (Å²) >= 11 is 5.93. The van der Waals surface area contributed by atoms with E-state index in [1.165, 1.54) is 4.90 Å². The first-order valence-electron chi connectivity index (χ1n) is 10.3. The van der Waals surface area contributed by atoms with Gasteiger partial charge < -0.3 is 21.1 Å². The number of halogens is 1. The summed E-state index contributed by atoms with van der Waals surface area (Å²) in [6, 6.07) is 7.95. The summed E-state index contributed by atoms with van der Waals surface area (Å²) in [7, 11) is 0. The third-order valence-corrected chi connectivity index (χ3v) is 5.35. The van der Waals surface area contributed by atoms with Crippen molar-refractivity contribution in [3.63, 3.8) is 0 Å². The van der Waals surface area contributed by atoms with E-state index in [-0.39, 0.29) is 25.3 Å². The summed E-state index contributed by atoms with van der Waals surface area (Å²) in [4.78, 5) is 42.9. The largest absolute Gasteiger partial charge is 0.460 e. The molecule has 0 saturated carbocycles. The topological polar surface area (TPSA) is 129 Å². The molecule has 2 heterocycles. The van der Waals surface area contributed by atoms with Gasteiger partial charge in [-0.1, -0.05) is 6.07 Å². The van der Waals surface area contributed by atoms with Gasteiger partial charge in [0.1, 0.15) is 17.5 Å². The lowest BCUT2D eigenvalue weighted by Crippen LogP contribution is -2.45. The first-order chi connectivity index (χ1) is 15.0. The van der Waals surface area contributed by atoms with E-state index in [1.54, 1.807) is 39.0 Å². The normalized spacial score (nSPS) is 14.2. The van der Waals surface area contributed by atoms with Crippen molar-refractivity contribution in [2.24, 2.45) is 5.73 Å². The third kappa shape index (κ3) is 5.37. The van der Waals surface area contributed by atoms with Crippen LogP contribution >= 0.6 is 11.6 Å². The number of amides is 2. The maximum Gasteiger partial charge on any atom is 0.306 e. The second-order valence-electron chi connectivity index (χ2n) is 8.77. The SMILES string of the molecule is CC(C)(C)OC(=O)CC[C@@H](C(N)=O)N1Cc2cc(-c3cc(CCl)cc(N)n3)ccc2C1=O. The van der Waals surface area contributed by atoms with E-state index in [9.17, 15) is 14.4 Å². The Hall–Kier alpha value is -3.13. The zero-order chi connectivity index (χ0) is 23.6. The number of nitrogen functional groups attached to an aromatic ring is 1. The minimum atomic E-state index is -0.917. The number of carbonyl (C=O) groups excluding carboxylic acids is 3. The fraction of sp³-hybridized carbons (Fsp3) is 0.391. The number of fused-ring (bicyclic) bond motifs is 1. The number of rotatable bonds is 7. The van der Waals surface area contributed by atoms with Crippen molar-refractivity contribution >= 4 is 35.2 Å². The zero-order valence-corrected chi connectivity index (χ0v) is 19.1. The molecular formula is C23H27ClN4O4. The number of alkyl halides is 1. The third-order valence-electron chi connectivity index (χ3n) is 5.04. The molecule has 2 aromatic rings. The van der Waals surface area contributed by atoms with E-state index >= 15 is 0 Å². The lowest BCUT2D eigenvalue weighted by molar-refractivity contribution is -0.155. The molecule has 1 aliphatic heterocycles. The molecule has 4 N–H and O–H groups in total. The molecule has 1 aromatic heterocycles. The second kappa shape index (κ2) is 9.16. The quantitative estimate of drug-likeness (QED) is 0.484. The number of esters is 1. The molecule has 3 rings (SSSR count). The molecule has 170 valence electrons. The predicted octanol–water partition coefficient (Wildman–Crippen LogP) is 3.00. The van der Waals surface area contributed by atoms with Crippen LogP contribution in [0.25, 0.3) is 11.3 Å². The van der Waals surface area contributed by atoms with E-state index in [0.717, 1.165) is 16.7 Å².